The molecule has 2 rings (SSSR count). The van der Waals surface area contributed by atoms with Crippen LogP contribution in [0.3, 0.4) is 0 Å². The van der Waals surface area contributed by atoms with E-state index in [1.807, 2.05) is 18.2 Å². The highest BCUT2D eigenvalue weighted by Crippen LogP contribution is 2.30. The van der Waals surface area contributed by atoms with Gasteiger partial charge in [-0.2, -0.15) is 0 Å². The van der Waals surface area contributed by atoms with Crippen molar-refractivity contribution < 1.29 is 9.90 Å². The van der Waals surface area contributed by atoms with Gasteiger partial charge in [-0.15, -0.1) is 0 Å². The summed E-state index contributed by atoms with van der Waals surface area (Å²) in [7, 11) is 0. The van der Waals surface area contributed by atoms with Crippen LogP contribution in [0.4, 0.5) is 0 Å². The zero-order valence-corrected chi connectivity index (χ0v) is 11.6. The van der Waals surface area contributed by atoms with Gasteiger partial charge in [0.25, 0.3) is 0 Å². The first-order chi connectivity index (χ1) is 9.24. The molecule has 1 unspecified atom stereocenters. The van der Waals surface area contributed by atoms with E-state index in [0.29, 0.717) is 0 Å². The summed E-state index contributed by atoms with van der Waals surface area (Å²) in [6.07, 6.45) is 5.71. The fourth-order valence-electron chi connectivity index (χ4n) is 2.89. The normalized spacial score (nSPS) is 19.1. The van der Waals surface area contributed by atoms with E-state index in [1.165, 1.54) is 24.8 Å². The molecule has 3 heteroatoms. The third-order valence-electron chi connectivity index (χ3n) is 3.92. The highest BCUT2D eigenvalue weighted by molar-refractivity contribution is 5.76. The lowest BCUT2D eigenvalue weighted by molar-refractivity contribution is -0.144. The van der Waals surface area contributed by atoms with E-state index >= 15 is 0 Å². The Bertz CT molecular complexity index is 431. The molecule has 1 aliphatic heterocycles. The smallest absolute Gasteiger partial charge is 0.325 e. The molecule has 1 atom stereocenters. The average molecular weight is 261 g/mol. The van der Waals surface area contributed by atoms with E-state index in [4.69, 9.17) is 0 Å². The van der Waals surface area contributed by atoms with Crippen LogP contribution in [0, 0.1) is 0 Å². The molecule has 1 N–H and O–H groups in total. The standard InChI is InChI=1S/C16H23NO2/c1-2-3-4-7-11-17-12-10-13-8-5-6-9-14(13)15(17)16(18)19/h5-6,8-9,15H,2-4,7,10-12H2,1H3,(H,18,19). The number of aliphatic carboxylic acids is 1. The van der Waals surface area contributed by atoms with E-state index in [0.717, 1.165) is 31.5 Å². The number of carboxylic acids is 1. The molecule has 0 aromatic heterocycles. The van der Waals surface area contributed by atoms with Crippen molar-refractivity contribution in [2.45, 2.75) is 45.1 Å². The molecule has 0 amide bonds. The number of unbranched alkanes of at least 4 members (excludes halogenated alkanes) is 3. The van der Waals surface area contributed by atoms with Crippen LogP contribution in [0.1, 0.15) is 49.8 Å². The number of carbonyl (C=O) groups is 1. The minimum atomic E-state index is -0.720. The van der Waals surface area contributed by atoms with Crippen LogP contribution in [0.15, 0.2) is 24.3 Å². The van der Waals surface area contributed by atoms with Crippen molar-refractivity contribution in [2.24, 2.45) is 0 Å². The van der Waals surface area contributed by atoms with Gasteiger partial charge in [0, 0.05) is 6.54 Å². The number of carboxylic acid groups (broad SMARTS) is 1. The van der Waals surface area contributed by atoms with E-state index in [1.54, 1.807) is 0 Å². The second kappa shape index (κ2) is 6.71. The Morgan fingerprint density at radius 1 is 1.32 bits per heavy atom. The molecule has 1 aromatic carbocycles. The Morgan fingerprint density at radius 2 is 2.11 bits per heavy atom. The van der Waals surface area contributed by atoms with Crippen LogP contribution in [0.25, 0.3) is 0 Å². The Morgan fingerprint density at radius 3 is 2.84 bits per heavy atom. The summed E-state index contributed by atoms with van der Waals surface area (Å²) >= 11 is 0. The van der Waals surface area contributed by atoms with Crippen molar-refractivity contribution in [3.05, 3.63) is 35.4 Å². The summed E-state index contributed by atoms with van der Waals surface area (Å²) in [6, 6.07) is 7.50. The average Bonchev–Trinajstić information content (AvgIpc) is 2.42. The van der Waals surface area contributed by atoms with Crippen LogP contribution in [-0.4, -0.2) is 29.1 Å². The van der Waals surface area contributed by atoms with E-state index in [9.17, 15) is 9.90 Å². The third kappa shape index (κ3) is 3.35. The number of benzene rings is 1. The molecule has 0 saturated heterocycles. The topological polar surface area (TPSA) is 40.5 Å². The van der Waals surface area contributed by atoms with Crippen LogP contribution in [0.5, 0.6) is 0 Å². The lowest BCUT2D eigenvalue weighted by atomic mass is 9.92. The maximum Gasteiger partial charge on any atom is 0.325 e. The van der Waals surface area contributed by atoms with E-state index in [2.05, 4.69) is 17.9 Å². The van der Waals surface area contributed by atoms with Gasteiger partial charge in [0.05, 0.1) is 0 Å². The molecule has 1 heterocycles. The van der Waals surface area contributed by atoms with Gasteiger partial charge in [-0.3, -0.25) is 9.69 Å². The highest BCUT2D eigenvalue weighted by Gasteiger charge is 2.31. The van der Waals surface area contributed by atoms with Crippen molar-refractivity contribution in [2.75, 3.05) is 13.1 Å². The fraction of sp³-hybridized carbons (Fsp3) is 0.562. The molecule has 0 saturated carbocycles. The van der Waals surface area contributed by atoms with Crippen LogP contribution in [0.2, 0.25) is 0 Å². The summed E-state index contributed by atoms with van der Waals surface area (Å²) in [5.74, 6) is -0.720. The maximum absolute atomic E-state index is 11.6. The van der Waals surface area contributed by atoms with Crippen molar-refractivity contribution in [1.82, 2.24) is 4.90 Å². The number of fused-ring (bicyclic) bond motifs is 1. The van der Waals surface area contributed by atoms with Crippen molar-refractivity contribution in [3.63, 3.8) is 0 Å². The minimum absolute atomic E-state index is 0.452. The Balaban J connectivity index is 2.07. The van der Waals surface area contributed by atoms with Crippen molar-refractivity contribution >= 4 is 5.97 Å². The molecular formula is C16H23NO2. The lowest BCUT2D eigenvalue weighted by Crippen LogP contribution is -2.40. The molecule has 1 aromatic rings. The fourth-order valence-corrected chi connectivity index (χ4v) is 2.89. The molecule has 0 fully saturated rings. The quantitative estimate of drug-likeness (QED) is 0.799. The molecular weight excluding hydrogens is 238 g/mol. The van der Waals surface area contributed by atoms with Gasteiger partial charge in [0.1, 0.15) is 6.04 Å². The molecule has 0 spiro atoms. The number of rotatable bonds is 6. The first-order valence-electron chi connectivity index (χ1n) is 7.28. The molecule has 3 nitrogen and oxygen atoms in total. The van der Waals surface area contributed by atoms with E-state index in [-0.39, 0.29) is 0 Å². The van der Waals surface area contributed by atoms with Gasteiger partial charge in [-0.1, -0.05) is 50.5 Å². The molecule has 1 aliphatic rings. The second-order valence-electron chi connectivity index (χ2n) is 5.29. The third-order valence-corrected chi connectivity index (χ3v) is 3.92. The number of hydrogen-bond acceptors (Lipinski definition) is 2. The first kappa shape index (κ1) is 14.1. The van der Waals surface area contributed by atoms with Crippen molar-refractivity contribution in [3.8, 4) is 0 Å². The largest absolute Gasteiger partial charge is 0.480 e. The zero-order chi connectivity index (χ0) is 13.7. The number of hydrogen-bond donors (Lipinski definition) is 1. The molecule has 104 valence electrons. The SMILES string of the molecule is CCCCCCN1CCc2ccccc2C1C(=O)O. The predicted octanol–water partition coefficient (Wildman–Crippen LogP) is 3.25. The van der Waals surface area contributed by atoms with Crippen LogP contribution in [-0.2, 0) is 11.2 Å². The number of nitrogens with zero attached hydrogens (tertiary/aromatic N) is 1. The summed E-state index contributed by atoms with van der Waals surface area (Å²) < 4.78 is 0. The van der Waals surface area contributed by atoms with Gasteiger partial charge < -0.3 is 5.11 Å². The molecule has 0 radical (unpaired) electrons. The minimum Gasteiger partial charge on any atom is -0.480 e. The van der Waals surface area contributed by atoms with Gasteiger partial charge in [0.2, 0.25) is 0 Å². The predicted molar refractivity (Wildman–Crippen MR) is 76.2 cm³/mol. The summed E-state index contributed by atoms with van der Waals surface area (Å²) in [5.41, 5.74) is 2.18. The molecule has 0 aliphatic carbocycles. The summed E-state index contributed by atoms with van der Waals surface area (Å²) in [6.45, 7) is 3.95. The van der Waals surface area contributed by atoms with Gasteiger partial charge in [-0.05, 0) is 30.5 Å². The Kier molecular flexibility index (Phi) is 4.97. The van der Waals surface area contributed by atoms with Crippen LogP contribution < -0.4 is 0 Å². The summed E-state index contributed by atoms with van der Waals surface area (Å²) in [4.78, 5) is 13.7. The van der Waals surface area contributed by atoms with Gasteiger partial charge in [-0.25, -0.2) is 0 Å². The Hall–Kier alpha value is -1.35. The van der Waals surface area contributed by atoms with Crippen LogP contribution >= 0.6 is 0 Å². The monoisotopic (exact) mass is 261 g/mol. The van der Waals surface area contributed by atoms with Gasteiger partial charge in [0.15, 0.2) is 0 Å². The first-order valence-corrected chi connectivity index (χ1v) is 7.28. The zero-order valence-electron chi connectivity index (χ0n) is 11.6. The Labute approximate surface area is 115 Å². The highest BCUT2D eigenvalue weighted by atomic mass is 16.4. The second-order valence-corrected chi connectivity index (χ2v) is 5.29. The van der Waals surface area contributed by atoms with Crippen molar-refractivity contribution in [1.29, 1.82) is 0 Å². The molecule has 0 bridgehead atoms. The summed E-state index contributed by atoms with van der Waals surface area (Å²) in [5, 5.41) is 9.52. The van der Waals surface area contributed by atoms with E-state index < -0.39 is 12.0 Å². The lowest BCUT2D eigenvalue weighted by Gasteiger charge is -2.34. The molecule has 19 heavy (non-hydrogen) atoms. The maximum atomic E-state index is 11.6. The van der Waals surface area contributed by atoms with Gasteiger partial charge >= 0.3 is 5.97 Å².